The minimum absolute atomic E-state index is 0.0183. The zero-order chi connectivity index (χ0) is 16.1. The number of nitrogens with zero attached hydrogens (tertiary/aromatic N) is 5. The summed E-state index contributed by atoms with van der Waals surface area (Å²) >= 11 is 0. The van der Waals surface area contributed by atoms with Crippen molar-refractivity contribution in [1.29, 1.82) is 0 Å². The maximum Gasteiger partial charge on any atom is 0.272 e. The summed E-state index contributed by atoms with van der Waals surface area (Å²) in [6.45, 7) is 3.66. The Morgan fingerprint density at radius 3 is 3.04 bits per heavy atom. The van der Waals surface area contributed by atoms with Crippen LogP contribution in [-0.2, 0) is 11.2 Å². The van der Waals surface area contributed by atoms with Crippen LogP contribution in [0.4, 0.5) is 0 Å². The monoisotopic (exact) mass is 313 g/mol. The lowest BCUT2D eigenvalue weighted by molar-refractivity contribution is -0.0248. The third kappa shape index (κ3) is 4.07. The summed E-state index contributed by atoms with van der Waals surface area (Å²) in [6, 6.07) is 3.61. The Morgan fingerprint density at radius 1 is 1.35 bits per heavy atom. The van der Waals surface area contributed by atoms with E-state index in [0.29, 0.717) is 25.4 Å². The molecule has 1 atom stereocenters. The van der Waals surface area contributed by atoms with E-state index < -0.39 is 0 Å². The summed E-state index contributed by atoms with van der Waals surface area (Å²) in [5.74, 6) is -0.0708. The largest absolute Gasteiger partial charge is 0.375 e. The summed E-state index contributed by atoms with van der Waals surface area (Å²) < 4.78 is 5.78. The normalized spacial score (nSPS) is 18.0. The maximum absolute atomic E-state index is 12.4. The van der Waals surface area contributed by atoms with Crippen LogP contribution in [0, 0.1) is 6.92 Å². The Kier molecular flexibility index (Phi) is 4.87. The van der Waals surface area contributed by atoms with Crippen molar-refractivity contribution in [2.75, 3.05) is 19.7 Å². The van der Waals surface area contributed by atoms with Gasteiger partial charge in [-0.25, -0.2) is 19.9 Å². The van der Waals surface area contributed by atoms with Crippen LogP contribution < -0.4 is 0 Å². The van der Waals surface area contributed by atoms with Crippen LogP contribution in [0.25, 0.3) is 0 Å². The van der Waals surface area contributed by atoms with Crippen LogP contribution in [0.1, 0.15) is 28.3 Å². The van der Waals surface area contributed by atoms with Crippen LogP contribution in [-0.4, -0.2) is 56.5 Å². The molecule has 0 aromatic carbocycles. The molecule has 0 N–H and O–H groups in total. The van der Waals surface area contributed by atoms with Crippen LogP contribution in [0.5, 0.6) is 0 Å². The Bertz CT molecular complexity index is 665. The number of hydrogen-bond donors (Lipinski definition) is 0. The molecule has 0 spiro atoms. The minimum Gasteiger partial charge on any atom is -0.375 e. The Hall–Kier alpha value is -2.41. The molecular formula is C16H19N5O2. The molecular weight excluding hydrogens is 294 g/mol. The minimum atomic E-state index is -0.0708. The number of morpholine rings is 1. The molecule has 7 heteroatoms. The van der Waals surface area contributed by atoms with E-state index in [-0.39, 0.29) is 12.0 Å². The average molecular weight is 313 g/mol. The smallest absolute Gasteiger partial charge is 0.272 e. The maximum atomic E-state index is 12.4. The fraction of sp³-hybridized carbons (Fsp3) is 0.438. The first-order chi connectivity index (χ1) is 11.2. The molecule has 3 heterocycles. The fourth-order valence-electron chi connectivity index (χ4n) is 2.61. The van der Waals surface area contributed by atoms with Crippen molar-refractivity contribution in [3.63, 3.8) is 0 Å². The van der Waals surface area contributed by atoms with Gasteiger partial charge in [0.2, 0.25) is 0 Å². The fourth-order valence-corrected chi connectivity index (χ4v) is 2.61. The van der Waals surface area contributed by atoms with Crippen LogP contribution in [0.15, 0.2) is 31.0 Å². The van der Waals surface area contributed by atoms with Gasteiger partial charge in [0.1, 0.15) is 18.3 Å². The van der Waals surface area contributed by atoms with Gasteiger partial charge < -0.3 is 9.64 Å². The Balaban J connectivity index is 1.57. The van der Waals surface area contributed by atoms with E-state index in [1.165, 1.54) is 6.33 Å². The molecule has 1 amide bonds. The number of hydrogen-bond acceptors (Lipinski definition) is 6. The molecule has 7 nitrogen and oxygen atoms in total. The van der Waals surface area contributed by atoms with Gasteiger partial charge in [-0.2, -0.15) is 0 Å². The van der Waals surface area contributed by atoms with E-state index in [4.69, 9.17) is 4.74 Å². The van der Waals surface area contributed by atoms with Crippen molar-refractivity contribution in [3.8, 4) is 0 Å². The van der Waals surface area contributed by atoms with E-state index in [2.05, 4.69) is 19.9 Å². The summed E-state index contributed by atoms with van der Waals surface area (Å²) in [6.07, 6.45) is 6.20. The number of amides is 1. The second-order valence-corrected chi connectivity index (χ2v) is 5.53. The van der Waals surface area contributed by atoms with Gasteiger partial charge in [0.25, 0.3) is 5.91 Å². The molecule has 0 unspecified atom stereocenters. The molecule has 2 aromatic rings. The first-order valence-corrected chi connectivity index (χ1v) is 7.67. The highest BCUT2D eigenvalue weighted by atomic mass is 16.5. The summed E-state index contributed by atoms with van der Waals surface area (Å²) in [4.78, 5) is 30.4. The van der Waals surface area contributed by atoms with Crippen molar-refractivity contribution >= 4 is 5.91 Å². The van der Waals surface area contributed by atoms with Crippen LogP contribution >= 0.6 is 0 Å². The van der Waals surface area contributed by atoms with Crippen molar-refractivity contribution in [3.05, 3.63) is 48.1 Å². The average Bonchev–Trinajstić information content (AvgIpc) is 2.60. The molecule has 1 aliphatic rings. The van der Waals surface area contributed by atoms with E-state index >= 15 is 0 Å². The van der Waals surface area contributed by atoms with Gasteiger partial charge in [-0.05, 0) is 31.9 Å². The summed E-state index contributed by atoms with van der Waals surface area (Å²) in [5.41, 5.74) is 2.38. The van der Waals surface area contributed by atoms with Gasteiger partial charge in [0.15, 0.2) is 0 Å². The number of ether oxygens (including phenoxy) is 1. The van der Waals surface area contributed by atoms with E-state index in [0.717, 1.165) is 24.2 Å². The first kappa shape index (κ1) is 15.5. The molecule has 0 saturated carbocycles. The van der Waals surface area contributed by atoms with Crippen LogP contribution in [0.3, 0.4) is 0 Å². The predicted molar refractivity (Wildman–Crippen MR) is 82.8 cm³/mol. The molecule has 0 bridgehead atoms. The SMILES string of the molecule is Cc1cc(CC[C@H]2CN(C(=O)c3ccncn3)CCO2)ncn1. The van der Waals surface area contributed by atoms with Gasteiger partial charge in [-0.1, -0.05) is 0 Å². The number of aromatic nitrogens is 4. The highest BCUT2D eigenvalue weighted by molar-refractivity contribution is 5.92. The lowest BCUT2D eigenvalue weighted by atomic mass is 10.1. The molecule has 2 aromatic heterocycles. The van der Waals surface area contributed by atoms with E-state index in [1.807, 2.05) is 13.0 Å². The summed E-state index contributed by atoms with van der Waals surface area (Å²) in [7, 11) is 0. The lowest BCUT2D eigenvalue weighted by Crippen LogP contribution is -2.46. The molecule has 0 radical (unpaired) electrons. The third-order valence-electron chi connectivity index (χ3n) is 3.81. The highest BCUT2D eigenvalue weighted by Gasteiger charge is 2.25. The van der Waals surface area contributed by atoms with Crippen molar-refractivity contribution in [1.82, 2.24) is 24.8 Å². The zero-order valence-corrected chi connectivity index (χ0v) is 13.1. The number of aryl methyl sites for hydroxylation is 2. The first-order valence-electron chi connectivity index (χ1n) is 7.67. The van der Waals surface area contributed by atoms with Crippen LogP contribution in [0.2, 0.25) is 0 Å². The van der Waals surface area contributed by atoms with E-state index in [1.54, 1.807) is 23.5 Å². The highest BCUT2D eigenvalue weighted by Crippen LogP contribution is 2.13. The molecule has 120 valence electrons. The van der Waals surface area contributed by atoms with Gasteiger partial charge in [0.05, 0.1) is 12.7 Å². The number of carbonyl (C=O) groups is 1. The van der Waals surface area contributed by atoms with E-state index in [9.17, 15) is 4.79 Å². The summed E-state index contributed by atoms with van der Waals surface area (Å²) in [5, 5.41) is 0. The number of carbonyl (C=O) groups excluding carboxylic acids is 1. The quantitative estimate of drug-likeness (QED) is 0.839. The Morgan fingerprint density at radius 2 is 2.26 bits per heavy atom. The molecule has 3 rings (SSSR count). The third-order valence-corrected chi connectivity index (χ3v) is 3.81. The molecule has 1 aliphatic heterocycles. The van der Waals surface area contributed by atoms with Crippen molar-refractivity contribution < 1.29 is 9.53 Å². The van der Waals surface area contributed by atoms with Crippen molar-refractivity contribution in [2.24, 2.45) is 0 Å². The standard InChI is InChI=1S/C16H19N5O2/c1-12-8-13(19-11-18-12)2-3-14-9-21(6-7-23-14)16(22)15-4-5-17-10-20-15/h4-5,8,10-11,14H,2-3,6-7,9H2,1H3/t14-/m0/s1. The lowest BCUT2D eigenvalue weighted by Gasteiger charge is -2.32. The second-order valence-electron chi connectivity index (χ2n) is 5.53. The predicted octanol–water partition coefficient (Wildman–Crippen LogP) is 1.05. The van der Waals surface area contributed by atoms with Gasteiger partial charge in [0, 0.05) is 30.7 Å². The van der Waals surface area contributed by atoms with Gasteiger partial charge in [-0.15, -0.1) is 0 Å². The van der Waals surface area contributed by atoms with Gasteiger partial charge >= 0.3 is 0 Å². The molecule has 1 saturated heterocycles. The molecule has 1 fully saturated rings. The van der Waals surface area contributed by atoms with Crippen molar-refractivity contribution in [2.45, 2.75) is 25.9 Å². The molecule has 23 heavy (non-hydrogen) atoms. The number of rotatable bonds is 4. The second kappa shape index (κ2) is 7.23. The zero-order valence-electron chi connectivity index (χ0n) is 13.1. The van der Waals surface area contributed by atoms with Gasteiger partial charge in [-0.3, -0.25) is 4.79 Å². The molecule has 0 aliphatic carbocycles. The topological polar surface area (TPSA) is 81.1 Å². The Labute approximate surface area is 134 Å².